The molecule has 1 atom stereocenters. The van der Waals surface area contributed by atoms with E-state index in [0.29, 0.717) is 42.8 Å². The summed E-state index contributed by atoms with van der Waals surface area (Å²) in [4.78, 5) is 27.8. The van der Waals surface area contributed by atoms with Crippen LogP contribution in [-0.4, -0.2) is 71.2 Å². The number of benzene rings is 1. The number of nitrogens with zero attached hydrogens (tertiary/aromatic N) is 3. The molecule has 4 heterocycles. The Hall–Kier alpha value is -2.68. The van der Waals surface area contributed by atoms with Gasteiger partial charge in [-0.3, -0.25) is 19.7 Å². The fourth-order valence-corrected chi connectivity index (χ4v) is 4.75. The molecule has 2 N–H and O–H groups in total. The highest BCUT2D eigenvalue weighted by Crippen LogP contribution is 2.33. The number of amides is 1. The van der Waals surface area contributed by atoms with Gasteiger partial charge in [0.25, 0.3) is 0 Å². The zero-order valence-electron chi connectivity index (χ0n) is 19.9. The predicted molar refractivity (Wildman–Crippen MR) is 135 cm³/mol. The molecule has 0 radical (unpaired) electrons. The van der Waals surface area contributed by atoms with Gasteiger partial charge in [-0.2, -0.15) is 0 Å². The van der Waals surface area contributed by atoms with E-state index in [9.17, 15) is 4.79 Å². The van der Waals surface area contributed by atoms with Gasteiger partial charge in [0.2, 0.25) is 5.91 Å². The minimum Gasteiger partial charge on any atom is -0.479 e. The first-order valence-corrected chi connectivity index (χ1v) is 11.9. The van der Waals surface area contributed by atoms with Crippen LogP contribution in [-0.2, 0) is 14.3 Å². The maximum atomic E-state index is 13.5. The van der Waals surface area contributed by atoms with E-state index in [1.54, 1.807) is 18.5 Å². The smallest absolute Gasteiger partial charge is 0.244 e. The summed E-state index contributed by atoms with van der Waals surface area (Å²) >= 11 is 6.42. The van der Waals surface area contributed by atoms with Gasteiger partial charge >= 0.3 is 0 Å². The Morgan fingerprint density at radius 3 is 2.88 bits per heavy atom. The molecule has 3 aromatic rings. The van der Waals surface area contributed by atoms with Crippen LogP contribution in [0.25, 0.3) is 21.8 Å². The van der Waals surface area contributed by atoms with E-state index in [0.717, 1.165) is 21.8 Å². The van der Waals surface area contributed by atoms with Crippen molar-refractivity contribution in [3.05, 3.63) is 35.6 Å². The Balaban J connectivity index is 1.41. The van der Waals surface area contributed by atoms with Crippen molar-refractivity contribution in [2.24, 2.45) is 10.4 Å². The number of halogens is 1. The molecule has 1 amide bonds. The number of rotatable bonds is 4. The van der Waals surface area contributed by atoms with Gasteiger partial charge in [0, 0.05) is 34.0 Å². The monoisotopic (exact) mass is 483 g/mol. The summed E-state index contributed by atoms with van der Waals surface area (Å²) in [5.74, 6) is 0.510. The second-order valence-electron chi connectivity index (χ2n) is 10.6. The molecule has 2 aromatic heterocycles. The molecule has 2 aliphatic heterocycles. The lowest BCUT2D eigenvalue weighted by Crippen LogP contribution is -2.59. The van der Waals surface area contributed by atoms with Crippen molar-refractivity contribution in [2.75, 3.05) is 38.2 Å². The Kier molecular flexibility index (Phi) is 5.78. The van der Waals surface area contributed by atoms with Crippen molar-refractivity contribution < 1.29 is 14.3 Å². The van der Waals surface area contributed by atoms with Crippen LogP contribution >= 0.6 is 11.6 Å². The fourth-order valence-electron chi connectivity index (χ4n) is 4.54. The lowest BCUT2D eigenvalue weighted by atomic mass is 9.94. The largest absolute Gasteiger partial charge is 0.479 e. The maximum absolute atomic E-state index is 13.5. The summed E-state index contributed by atoms with van der Waals surface area (Å²) in [5, 5.41) is 5.57. The molecule has 5 rings (SSSR count). The topological polar surface area (TPSA) is 91.8 Å². The number of fused-ring (bicyclic) bond motifs is 3. The van der Waals surface area contributed by atoms with Gasteiger partial charge in [-0.15, -0.1) is 0 Å². The van der Waals surface area contributed by atoms with E-state index in [-0.39, 0.29) is 23.5 Å². The first-order chi connectivity index (χ1) is 16.1. The molecule has 1 aromatic carbocycles. The molecule has 8 nitrogen and oxygen atoms in total. The number of H-pyrrole nitrogens is 1. The van der Waals surface area contributed by atoms with Crippen molar-refractivity contribution in [2.45, 2.75) is 39.3 Å². The molecule has 9 heteroatoms. The Morgan fingerprint density at radius 2 is 2.12 bits per heavy atom. The molecule has 2 aliphatic rings. The Labute approximate surface area is 203 Å². The molecule has 0 spiro atoms. The zero-order chi connectivity index (χ0) is 24.1. The molecular formula is C25H30ClN5O3. The van der Waals surface area contributed by atoms with Gasteiger partial charge in [0.05, 0.1) is 54.8 Å². The van der Waals surface area contributed by atoms with Gasteiger partial charge < -0.3 is 19.8 Å². The third-order valence-corrected chi connectivity index (χ3v) is 6.56. The first kappa shape index (κ1) is 23.1. The number of hydrogen-bond donors (Lipinski definition) is 2. The van der Waals surface area contributed by atoms with E-state index in [4.69, 9.17) is 21.1 Å². The number of hydrogen-bond acceptors (Lipinski definition) is 6. The standard InChI is InChI=1S/C25H30ClN5O3/c1-24(2)12-28-21(33-14-24)10-31-13-25(3,4)34-11-20(31)23(32)30-18-8-15(26)7-17-16-5-6-27-9-19(16)29-22(17)18/h5-9,20,29H,10-14H2,1-4H3,(H,30,32)/t20-/m0/s1. The van der Waals surface area contributed by atoms with E-state index in [1.807, 2.05) is 26.0 Å². The third kappa shape index (κ3) is 4.62. The molecule has 1 fully saturated rings. The third-order valence-electron chi connectivity index (χ3n) is 6.34. The van der Waals surface area contributed by atoms with E-state index < -0.39 is 6.04 Å². The highest BCUT2D eigenvalue weighted by molar-refractivity contribution is 6.33. The van der Waals surface area contributed by atoms with Gasteiger partial charge in [-0.25, -0.2) is 0 Å². The predicted octanol–water partition coefficient (Wildman–Crippen LogP) is 4.24. The molecule has 1 saturated heterocycles. The summed E-state index contributed by atoms with van der Waals surface area (Å²) < 4.78 is 11.9. The number of nitrogens with one attached hydrogen (secondary N) is 2. The lowest BCUT2D eigenvalue weighted by molar-refractivity contribution is -0.141. The summed E-state index contributed by atoms with van der Waals surface area (Å²) in [6, 6.07) is 5.10. The van der Waals surface area contributed by atoms with Gasteiger partial charge in [-0.05, 0) is 32.0 Å². The average molecular weight is 484 g/mol. The lowest BCUT2D eigenvalue weighted by Gasteiger charge is -2.43. The van der Waals surface area contributed by atoms with E-state index in [2.05, 4.69) is 39.0 Å². The second-order valence-corrected chi connectivity index (χ2v) is 11.0. The minimum absolute atomic E-state index is 0.0254. The van der Waals surface area contributed by atoms with Crippen LogP contribution in [0.2, 0.25) is 5.02 Å². The van der Waals surface area contributed by atoms with Crippen molar-refractivity contribution in [3.8, 4) is 0 Å². The zero-order valence-corrected chi connectivity index (χ0v) is 20.7. The highest BCUT2D eigenvalue weighted by Gasteiger charge is 2.39. The van der Waals surface area contributed by atoms with Gasteiger partial charge in [0.15, 0.2) is 5.90 Å². The first-order valence-electron chi connectivity index (χ1n) is 11.5. The number of morpholine rings is 1. The van der Waals surface area contributed by atoms with Crippen LogP contribution in [0.1, 0.15) is 27.7 Å². The average Bonchev–Trinajstić information content (AvgIpc) is 3.13. The minimum atomic E-state index is -0.491. The summed E-state index contributed by atoms with van der Waals surface area (Å²) in [5.41, 5.74) is 1.97. The molecule has 34 heavy (non-hydrogen) atoms. The SMILES string of the molecule is CC1(C)CN=C(CN2CC(C)(C)OC[C@H]2C(=O)Nc2cc(Cl)cc3c2[nH]c2cnccc23)OC1. The number of anilines is 1. The Bertz CT molecular complexity index is 1280. The molecule has 0 bridgehead atoms. The molecule has 180 valence electrons. The maximum Gasteiger partial charge on any atom is 0.244 e. The number of aromatic amines is 1. The van der Waals surface area contributed by atoms with E-state index >= 15 is 0 Å². The van der Waals surface area contributed by atoms with Crippen LogP contribution in [0.5, 0.6) is 0 Å². The summed E-state index contributed by atoms with van der Waals surface area (Å²) in [6.45, 7) is 11.0. The van der Waals surface area contributed by atoms with Gasteiger partial charge in [0.1, 0.15) is 6.04 Å². The quantitative estimate of drug-likeness (QED) is 0.579. The summed E-state index contributed by atoms with van der Waals surface area (Å²) in [7, 11) is 0. The van der Waals surface area contributed by atoms with E-state index in [1.165, 1.54) is 0 Å². The number of pyridine rings is 1. The van der Waals surface area contributed by atoms with Crippen LogP contribution < -0.4 is 5.32 Å². The van der Waals surface area contributed by atoms with Crippen LogP contribution in [0, 0.1) is 5.41 Å². The number of aromatic nitrogens is 2. The molecular weight excluding hydrogens is 454 g/mol. The highest BCUT2D eigenvalue weighted by atomic mass is 35.5. The number of aliphatic imine (C=N–C) groups is 1. The molecule has 0 saturated carbocycles. The van der Waals surface area contributed by atoms with Crippen molar-refractivity contribution in [1.82, 2.24) is 14.9 Å². The van der Waals surface area contributed by atoms with Gasteiger partial charge in [-0.1, -0.05) is 25.4 Å². The van der Waals surface area contributed by atoms with Crippen molar-refractivity contribution >= 4 is 50.9 Å². The van der Waals surface area contributed by atoms with Crippen LogP contribution in [0.15, 0.2) is 35.6 Å². The van der Waals surface area contributed by atoms with Crippen molar-refractivity contribution in [3.63, 3.8) is 0 Å². The number of carbonyl (C=O) groups is 1. The fraction of sp³-hybridized carbons (Fsp3) is 0.480. The van der Waals surface area contributed by atoms with Crippen LogP contribution in [0.4, 0.5) is 5.69 Å². The Morgan fingerprint density at radius 1 is 1.29 bits per heavy atom. The second kappa shape index (κ2) is 8.52. The van der Waals surface area contributed by atoms with Crippen LogP contribution in [0.3, 0.4) is 0 Å². The normalized spacial score (nSPS) is 22.4. The van der Waals surface area contributed by atoms with Crippen molar-refractivity contribution in [1.29, 1.82) is 0 Å². The summed E-state index contributed by atoms with van der Waals surface area (Å²) in [6.07, 6.45) is 3.50. The number of carbonyl (C=O) groups excluding carboxylic acids is 1. The molecule has 0 aliphatic carbocycles. The molecule has 0 unspecified atom stereocenters. The number of ether oxygens (including phenoxy) is 2.